The number of carbonyl (C=O) groups is 2. The molecule has 0 spiro atoms. The molecule has 5 heteroatoms. The normalized spacial score (nSPS) is 19.5. The number of hydrogen-bond donors (Lipinski definition) is 0. The largest absolute Gasteiger partial charge is 0.468 e. The van der Waals surface area contributed by atoms with Crippen molar-refractivity contribution in [2.45, 2.75) is 0 Å². The fourth-order valence-corrected chi connectivity index (χ4v) is 2.01. The summed E-state index contributed by atoms with van der Waals surface area (Å²) in [5.74, 6) is -1.24. The van der Waals surface area contributed by atoms with Crippen LogP contribution >= 0.6 is 11.6 Å². The number of rotatable bonds is 2. The van der Waals surface area contributed by atoms with E-state index in [2.05, 4.69) is 4.74 Å². The highest BCUT2D eigenvalue weighted by molar-refractivity contribution is 6.30. The first-order valence-electron chi connectivity index (χ1n) is 5.23. The summed E-state index contributed by atoms with van der Waals surface area (Å²) in [5.41, 5.74) is 0.883. The molecular weight excluding hydrogens is 242 g/mol. The van der Waals surface area contributed by atoms with E-state index in [0.717, 1.165) is 5.69 Å². The van der Waals surface area contributed by atoms with Crippen LogP contribution in [0.2, 0.25) is 5.02 Å². The number of halogens is 1. The van der Waals surface area contributed by atoms with Crippen molar-refractivity contribution >= 4 is 29.0 Å². The number of carbonyl (C=O) groups excluding carboxylic acids is 2. The zero-order valence-corrected chi connectivity index (χ0v) is 10.1. The fourth-order valence-electron chi connectivity index (χ4n) is 1.88. The van der Waals surface area contributed by atoms with Gasteiger partial charge in [-0.3, -0.25) is 9.59 Å². The molecule has 1 unspecified atom stereocenters. The van der Waals surface area contributed by atoms with Crippen LogP contribution in [0.1, 0.15) is 0 Å². The van der Waals surface area contributed by atoms with E-state index in [9.17, 15) is 9.59 Å². The highest BCUT2D eigenvalue weighted by Crippen LogP contribution is 2.23. The molecule has 1 atom stereocenters. The Hall–Kier alpha value is -1.55. The molecule has 17 heavy (non-hydrogen) atoms. The predicted molar refractivity (Wildman–Crippen MR) is 64.2 cm³/mol. The second kappa shape index (κ2) is 4.75. The maximum Gasteiger partial charge on any atom is 0.318 e. The molecule has 2 rings (SSSR count). The van der Waals surface area contributed by atoms with Gasteiger partial charge in [-0.1, -0.05) is 11.6 Å². The molecule has 1 heterocycles. The Morgan fingerprint density at radius 3 is 2.65 bits per heavy atom. The summed E-state index contributed by atoms with van der Waals surface area (Å²) in [4.78, 5) is 24.9. The minimum Gasteiger partial charge on any atom is -0.468 e. The molecule has 1 fully saturated rings. The fraction of sp³-hybridized carbons (Fsp3) is 0.333. The third-order valence-corrected chi connectivity index (χ3v) is 3.07. The van der Waals surface area contributed by atoms with E-state index in [0.29, 0.717) is 11.6 Å². The summed E-state index contributed by atoms with van der Waals surface area (Å²) in [6.07, 6.45) is 0. The van der Waals surface area contributed by atoms with Crippen LogP contribution in [0.4, 0.5) is 5.69 Å². The number of esters is 1. The average Bonchev–Trinajstić information content (AvgIpc) is 2.71. The van der Waals surface area contributed by atoms with Gasteiger partial charge in [0.25, 0.3) is 0 Å². The molecule has 1 aliphatic heterocycles. The zero-order chi connectivity index (χ0) is 12.4. The van der Waals surface area contributed by atoms with Gasteiger partial charge < -0.3 is 9.64 Å². The van der Waals surface area contributed by atoms with E-state index in [1.807, 2.05) is 17.0 Å². The maximum absolute atomic E-state index is 11.7. The summed E-state index contributed by atoms with van der Waals surface area (Å²) in [6.45, 7) is 0.606. The summed E-state index contributed by atoms with van der Waals surface area (Å²) in [5, 5.41) is 0.642. The van der Waals surface area contributed by atoms with Crippen molar-refractivity contribution in [2.75, 3.05) is 25.1 Å². The van der Waals surface area contributed by atoms with Crippen LogP contribution in [0.15, 0.2) is 24.3 Å². The molecule has 4 nitrogen and oxygen atoms in total. The lowest BCUT2D eigenvalue weighted by Crippen LogP contribution is -2.24. The molecule has 0 bridgehead atoms. The van der Waals surface area contributed by atoms with E-state index >= 15 is 0 Å². The lowest BCUT2D eigenvalue weighted by molar-refractivity contribution is -0.147. The van der Waals surface area contributed by atoms with E-state index in [4.69, 9.17) is 11.6 Å². The van der Waals surface area contributed by atoms with E-state index in [1.54, 1.807) is 12.1 Å². The Bertz CT molecular complexity index is 444. The van der Waals surface area contributed by atoms with Gasteiger partial charge in [-0.2, -0.15) is 0 Å². The van der Waals surface area contributed by atoms with Gasteiger partial charge >= 0.3 is 5.97 Å². The van der Waals surface area contributed by atoms with Gasteiger partial charge in [0.1, 0.15) is 5.92 Å². The molecule has 0 aromatic heterocycles. The van der Waals surface area contributed by atoms with Gasteiger partial charge in [-0.25, -0.2) is 0 Å². The van der Waals surface area contributed by atoms with E-state index in [1.165, 1.54) is 7.11 Å². The average molecular weight is 254 g/mol. The van der Waals surface area contributed by atoms with Crippen molar-refractivity contribution in [2.24, 2.45) is 5.92 Å². The van der Waals surface area contributed by atoms with Crippen molar-refractivity contribution in [3.63, 3.8) is 0 Å². The molecule has 0 aliphatic carbocycles. The molecule has 1 saturated heterocycles. The number of ketones is 1. The van der Waals surface area contributed by atoms with Crippen LogP contribution in [-0.2, 0) is 14.3 Å². The minimum atomic E-state index is -0.671. The smallest absolute Gasteiger partial charge is 0.318 e. The zero-order valence-electron chi connectivity index (χ0n) is 9.35. The Kier molecular flexibility index (Phi) is 3.33. The van der Waals surface area contributed by atoms with Crippen LogP contribution < -0.4 is 4.90 Å². The summed E-state index contributed by atoms with van der Waals surface area (Å²) >= 11 is 5.79. The summed E-state index contributed by atoms with van der Waals surface area (Å²) in [7, 11) is 1.29. The highest BCUT2D eigenvalue weighted by atomic mass is 35.5. The van der Waals surface area contributed by atoms with Gasteiger partial charge in [0.2, 0.25) is 0 Å². The quantitative estimate of drug-likeness (QED) is 0.592. The van der Waals surface area contributed by atoms with Crippen molar-refractivity contribution in [1.82, 2.24) is 0 Å². The van der Waals surface area contributed by atoms with Gasteiger partial charge in [0.05, 0.1) is 13.7 Å². The number of methoxy groups -OCH3 is 1. The molecule has 90 valence electrons. The van der Waals surface area contributed by atoms with Crippen molar-refractivity contribution in [3.8, 4) is 0 Å². The Morgan fingerprint density at radius 2 is 2.06 bits per heavy atom. The highest BCUT2D eigenvalue weighted by Gasteiger charge is 2.36. The maximum atomic E-state index is 11.7. The van der Waals surface area contributed by atoms with Gasteiger partial charge in [0.15, 0.2) is 5.78 Å². The number of hydrogen-bond acceptors (Lipinski definition) is 4. The number of Topliss-reactive ketones (excluding diaryl/α,β-unsaturated/α-hetero) is 1. The second-order valence-corrected chi connectivity index (χ2v) is 4.34. The van der Waals surface area contributed by atoms with Crippen LogP contribution in [0.5, 0.6) is 0 Å². The third-order valence-electron chi connectivity index (χ3n) is 2.82. The number of benzene rings is 1. The number of ether oxygens (including phenoxy) is 1. The lowest BCUT2D eigenvalue weighted by Gasteiger charge is -2.16. The molecule has 0 radical (unpaired) electrons. The van der Waals surface area contributed by atoms with E-state index < -0.39 is 11.9 Å². The van der Waals surface area contributed by atoms with E-state index in [-0.39, 0.29) is 12.3 Å². The van der Waals surface area contributed by atoms with Gasteiger partial charge in [0, 0.05) is 17.3 Å². The van der Waals surface area contributed by atoms with Crippen LogP contribution in [-0.4, -0.2) is 32.0 Å². The van der Waals surface area contributed by atoms with Crippen LogP contribution in [0.25, 0.3) is 0 Å². The van der Waals surface area contributed by atoms with Crippen LogP contribution in [0, 0.1) is 5.92 Å². The first-order valence-corrected chi connectivity index (χ1v) is 5.60. The Balaban J connectivity index is 2.13. The Labute approximate surface area is 104 Å². The second-order valence-electron chi connectivity index (χ2n) is 3.90. The minimum absolute atomic E-state index is 0.105. The third kappa shape index (κ3) is 2.42. The predicted octanol–water partition coefficient (Wildman–Crippen LogP) is 1.52. The molecule has 1 aliphatic rings. The van der Waals surface area contributed by atoms with Crippen LogP contribution in [0.3, 0.4) is 0 Å². The first kappa shape index (κ1) is 11.9. The summed E-state index contributed by atoms with van der Waals surface area (Å²) < 4.78 is 4.60. The molecular formula is C12H12ClNO3. The molecule has 1 aromatic rings. The monoisotopic (exact) mass is 253 g/mol. The Morgan fingerprint density at radius 1 is 1.41 bits per heavy atom. The number of nitrogens with zero attached hydrogens (tertiary/aromatic N) is 1. The first-order chi connectivity index (χ1) is 8.11. The lowest BCUT2D eigenvalue weighted by atomic mass is 10.1. The molecule has 0 saturated carbocycles. The van der Waals surface area contributed by atoms with Gasteiger partial charge in [-0.05, 0) is 24.3 Å². The SMILES string of the molecule is COC(=O)C1CN(c2ccc(Cl)cc2)CC1=O. The van der Waals surface area contributed by atoms with Crippen molar-refractivity contribution < 1.29 is 14.3 Å². The van der Waals surface area contributed by atoms with Gasteiger partial charge in [-0.15, -0.1) is 0 Å². The summed E-state index contributed by atoms with van der Waals surface area (Å²) in [6, 6.07) is 7.17. The molecule has 1 aromatic carbocycles. The molecule has 0 N–H and O–H groups in total. The topological polar surface area (TPSA) is 46.6 Å². The van der Waals surface area contributed by atoms with Crippen molar-refractivity contribution in [3.05, 3.63) is 29.3 Å². The van der Waals surface area contributed by atoms with Crippen molar-refractivity contribution in [1.29, 1.82) is 0 Å². The number of anilines is 1. The standard InChI is InChI=1S/C12H12ClNO3/c1-17-12(16)10-6-14(7-11(10)15)9-4-2-8(13)3-5-9/h2-5,10H,6-7H2,1H3. The molecule has 0 amide bonds.